The Bertz CT molecular complexity index is 718. The van der Waals surface area contributed by atoms with Gasteiger partial charge in [0.05, 0.1) is 12.1 Å². The zero-order valence-corrected chi connectivity index (χ0v) is 19.5. The van der Waals surface area contributed by atoms with Crippen LogP contribution in [0, 0.1) is 5.92 Å². The number of carbonyl (C=O) groups is 1. The number of nitrogens with one attached hydrogen (secondary N) is 2. The van der Waals surface area contributed by atoms with Crippen LogP contribution in [0.1, 0.15) is 50.2 Å². The molecule has 0 bridgehead atoms. The molecule has 2 fully saturated rings. The van der Waals surface area contributed by atoms with E-state index in [0.717, 1.165) is 50.8 Å². The number of amides is 1. The summed E-state index contributed by atoms with van der Waals surface area (Å²) in [5.41, 5.74) is 0.0490. The van der Waals surface area contributed by atoms with Crippen LogP contribution < -0.4 is 10.6 Å². The van der Waals surface area contributed by atoms with Crippen molar-refractivity contribution < 1.29 is 18.0 Å². The second-order valence-corrected chi connectivity index (χ2v) is 7.79. The lowest BCUT2D eigenvalue weighted by Crippen LogP contribution is -2.45. The van der Waals surface area contributed by atoms with Crippen LogP contribution >= 0.6 is 24.0 Å². The molecule has 3 rings (SSSR count). The molecule has 1 unspecified atom stereocenters. The van der Waals surface area contributed by atoms with Crippen LogP contribution in [-0.4, -0.2) is 42.4 Å². The molecule has 0 spiro atoms. The SMILES string of the molecule is CCNC(=NCc1ccc(C(F)(F)F)cc1)NC1CCN(C(=O)C2CCCC2)C1.I. The van der Waals surface area contributed by atoms with Gasteiger partial charge in [-0.1, -0.05) is 25.0 Å². The second-order valence-electron chi connectivity index (χ2n) is 7.79. The van der Waals surface area contributed by atoms with Crippen LogP contribution in [0.3, 0.4) is 0 Å². The lowest BCUT2D eigenvalue weighted by atomic mass is 10.1. The Balaban J connectivity index is 0.00000320. The second kappa shape index (κ2) is 11.2. The lowest BCUT2D eigenvalue weighted by Gasteiger charge is -2.21. The molecule has 9 heteroatoms. The van der Waals surface area contributed by atoms with E-state index in [0.29, 0.717) is 24.6 Å². The number of nitrogens with zero attached hydrogens (tertiary/aromatic N) is 2. The average molecular weight is 538 g/mol. The highest BCUT2D eigenvalue weighted by Gasteiger charge is 2.32. The van der Waals surface area contributed by atoms with E-state index in [1.165, 1.54) is 12.1 Å². The minimum atomic E-state index is -4.33. The first kappa shape index (κ1) is 24.7. The van der Waals surface area contributed by atoms with Gasteiger partial charge < -0.3 is 15.5 Å². The molecular weight excluding hydrogens is 508 g/mol. The Morgan fingerprint density at radius 2 is 1.83 bits per heavy atom. The van der Waals surface area contributed by atoms with Crippen molar-refractivity contribution in [2.45, 2.75) is 57.8 Å². The number of carbonyl (C=O) groups excluding carboxylic acids is 1. The Hall–Kier alpha value is -1.52. The molecular formula is C21H30F3IN4O. The number of hydrogen-bond acceptors (Lipinski definition) is 2. The number of aliphatic imine (C=N–C) groups is 1. The van der Waals surface area contributed by atoms with Crippen LogP contribution in [0.2, 0.25) is 0 Å². The molecule has 1 saturated heterocycles. The highest BCUT2D eigenvalue weighted by Crippen LogP contribution is 2.29. The van der Waals surface area contributed by atoms with Gasteiger partial charge in [0, 0.05) is 31.6 Å². The molecule has 168 valence electrons. The molecule has 30 heavy (non-hydrogen) atoms. The van der Waals surface area contributed by atoms with Crippen molar-refractivity contribution in [2.24, 2.45) is 10.9 Å². The van der Waals surface area contributed by atoms with Crippen molar-refractivity contribution in [3.05, 3.63) is 35.4 Å². The van der Waals surface area contributed by atoms with Gasteiger partial charge in [0.25, 0.3) is 0 Å². The molecule has 0 aromatic heterocycles. The summed E-state index contributed by atoms with van der Waals surface area (Å²) in [6.07, 6.45) is 0.835. The molecule has 1 aliphatic carbocycles. The van der Waals surface area contributed by atoms with E-state index in [-0.39, 0.29) is 48.4 Å². The number of alkyl halides is 3. The van der Waals surface area contributed by atoms with Gasteiger partial charge in [-0.2, -0.15) is 13.2 Å². The molecule has 2 aliphatic rings. The van der Waals surface area contributed by atoms with Crippen molar-refractivity contribution in [3.8, 4) is 0 Å². The smallest absolute Gasteiger partial charge is 0.357 e. The topological polar surface area (TPSA) is 56.7 Å². The largest absolute Gasteiger partial charge is 0.416 e. The molecule has 5 nitrogen and oxygen atoms in total. The normalized spacial score (nSPS) is 20.2. The summed E-state index contributed by atoms with van der Waals surface area (Å²) in [4.78, 5) is 19.0. The maximum atomic E-state index is 12.7. The summed E-state index contributed by atoms with van der Waals surface area (Å²) in [6, 6.07) is 5.19. The molecule has 1 atom stereocenters. The number of likely N-dealkylation sites (tertiary alicyclic amines) is 1. The highest BCUT2D eigenvalue weighted by atomic mass is 127. The number of halogens is 4. The zero-order valence-electron chi connectivity index (χ0n) is 17.2. The van der Waals surface area contributed by atoms with E-state index in [2.05, 4.69) is 15.6 Å². The maximum absolute atomic E-state index is 12.7. The van der Waals surface area contributed by atoms with E-state index in [1.54, 1.807) is 0 Å². The summed E-state index contributed by atoms with van der Waals surface area (Å²) in [5.74, 6) is 1.08. The fraction of sp³-hybridized carbons (Fsp3) is 0.619. The lowest BCUT2D eigenvalue weighted by molar-refractivity contribution is -0.137. The van der Waals surface area contributed by atoms with Gasteiger partial charge in [0.15, 0.2) is 5.96 Å². The Labute approximate surface area is 192 Å². The molecule has 1 aliphatic heterocycles. The van der Waals surface area contributed by atoms with Crippen molar-refractivity contribution in [3.63, 3.8) is 0 Å². The first-order valence-electron chi connectivity index (χ1n) is 10.4. The van der Waals surface area contributed by atoms with E-state index in [1.807, 2.05) is 11.8 Å². The van der Waals surface area contributed by atoms with E-state index < -0.39 is 11.7 Å². The van der Waals surface area contributed by atoms with Crippen LogP contribution in [0.15, 0.2) is 29.3 Å². The first-order valence-corrected chi connectivity index (χ1v) is 10.4. The van der Waals surface area contributed by atoms with Crippen molar-refractivity contribution in [1.82, 2.24) is 15.5 Å². The quantitative estimate of drug-likeness (QED) is 0.336. The monoisotopic (exact) mass is 538 g/mol. The number of benzene rings is 1. The van der Waals surface area contributed by atoms with Crippen LogP contribution in [0.25, 0.3) is 0 Å². The van der Waals surface area contributed by atoms with Crippen molar-refractivity contribution >= 4 is 35.8 Å². The summed E-state index contributed by atoms with van der Waals surface area (Å²) < 4.78 is 38.0. The van der Waals surface area contributed by atoms with Crippen molar-refractivity contribution in [2.75, 3.05) is 19.6 Å². The molecule has 1 amide bonds. The number of hydrogen-bond donors (Lipinski definition) is 2. The molecule has 2 N–H and O–H groups in total. The first-order chi connectivity index (χ1) is 13.9. The zero-order chi connectivity index (χ0) is 20.9. The van der Waals surface area contributed by atoms with Gasteiger partial charge >= 0.3 is 6.18 Å². The predicted octanol–water partition coefficient (Wildman–Crippen LogP) is 4.17. The van der Waals surface area contributed by atoms with E-state index in [4.69, 9.17) is 0 Å². The van der Waals surface area contributed by atoms with Gasteiger partial charge in [-0.15, -0.1) is 24.0 Å². The summed E-state index contributed by atoms with van der Waals surface area (Å²) in [5, 5.41) is 6.53. The van der Waals surface area contributed by atoms with Gasteiger partial charge in [0.1, 0.15) is 0 Å². The average Bonchev–Trinajstić information content (AvgIpc) is 3.38. The molecule has 1 aromatic rings. The maximum Gasteiger partial charge on any atom is 0.416 e. The van der Waals surface area contributed by atoms with Crippen LogP contribution in [-0.2, 0) is 17.5 Å². The van der Waals surface area contributed by atoms with Gasteiger partial charge in [-0.05, 0) is 43.9 Å². The highest BCUT2D eigenvalue weighted by molar-refractivity contribution is 14.0. The van der Waals surface area contributed by atoms with E-state index >= 15 is 0 Å². The third-order valence-electron chi connectivity index (χ3n) is 5.59. The van der Waals surface area contributed by atoms with Gasteiger partial charge in [-0.3, -0.25) is 4.79 Å². The third-order valence-corrected chi connectivity index (χ3v) is 5.59. The number of guanidine groups is 1. The molecule has 1 saturated carbocycles. The Morgan fingerprint density at radius 3 is 2.43 bits per heavy atom. The predicted molar refractivity (Wildman–Crippen MR) is 122 cm³/mol. The fourth-order valence-corrected chi connectivity index (χ4v) is 3.99. The Morgan fingerprint density at radius 1 is 1.17 bits per heavy atom. The van der Waals surface area contributed by atoms with E-state index in [9.17, 15) is 18.0 Å². The minimum absolute atomic E-state index is 0. The summed E-state index contributed by atoms with van der Waals surface area (Å²) in [6.45, 7) is 4.34. The summed E-state index contributed by atoms with van der Waals surface area (Å²) in [7, 11) is 0. The molecule has 1 heterocycles. The van der Waals surface area contributed by atoms with Crippen LogP contribution in [0.5, 0.6) is 0 Å². The fourth-order valence-electron chi connectivity index (χ4n) is 3.99. The van der Waals surface area contributed by atoms with Crippen molar-refractivity contribution in [1.29, 1.82) is 0 Å². The number of rotatable bonds is 5. The molecule has 0 radical (unpaired) electrons. The molecule has 1 aromatic carbocycles. The Kier molecular flexibility index (Phi) is 9.24. The van der Waals surface area contributed by atoms with Gasteiger partial charge in [-0.25, -0.2) is 4.99 Å². The standard InChI is InChI=1S/C21H29F3N4O.HI/c1-2-25-20(26-13-15-7-9-17(10-8-15)21(22,23)24)27-18-11-12-28(14-18)19(29)16-5-3-4-6-16;/h7-10,16,18H,2-6,11-14H2,1H3,(H2,25,26,27);1H. The van der Waals surface area contributed by atoms with Crippen LogP contribution in [0.4, 0.5) is 13.2 Å². The summed E-state index contributed by atoms with van der Waals surface area (Å²) >= 11 is 0. The van der Waals surface area contributed by atoms with Gasteiger partial charge in [0.2, 0.25) is 5.91 Å². The third kappa shape index (κ3) is 6.75. The minimum Gasteiger partial charge on any atom is -0.357 e.